The van der Waals surface area contributed by atoms with E-state index in [1.807, 2.05) is 7.05 Å². The second-order valence-electron chi connectivity index (χ2n) is 14.2. The first-order valence-electron chi connectivity index (χ1n) is 20.1. The Bertz CT molecular complexity index is 1850. The minimum absolute atomic E-state index is 0.658. The fourth-order valence-corrected chi connectivity index (χ4v) is 12.2. The monoisotopic (exact) mass is 730 g/mol. The fourth-order valence-electron chi connectivity index (χ4n) is 7.76. The first-order valence-corrected chi connectivity index (χ1v) is 22.0. The number of allylic oxidation sites excluding steroid dienone is 1. The van der Waals surface area contributed by atoms with Crippen molar-refractivity contribution in [1.29, 1.82) is 0 Å². The van der Waals surface area contributed by atoms with Gasteiger partial charge in [0.2, 0.25) is 0 Å². The second-order valence-corrected chi connectivity index (χ2v) is 17.8. The third-order valence-corrected chi connectivity index (χ3v) is 15.0. The molecule has 54 heavy (non-hydrogen) atoms. The molecule has 0 fully saturated rings. The number of nitrogens with one attached hydrogen (secondary N) is 1. The molecular weight excluding hydrogens is 674 g/mol. The van der Waals surface area contributed by atoms with Gasteiger partial charge in [0.05, 0.1) is 6.16 Å². The van der Waals surface area contributed by atoms with E-state index in [0.29, 0.717) is 6.61 Å². The van der Waals surface area contributed by atoms with E-state index >= 15 is 0 Å². The van der Waals surface area contributed by atoms with E-state index in [1.165, 1.54) is 101 Å². The normalized spacial score (nSPS) is 11.9. The molecule has 0 unspecified atom stereocenters. The third-order valence-electron chi connectivity index (χ3n) is 10.5. The summed E-state index contributed by atoms with van der Waals surface area (Å²) in [5, 5.41) is 7.63. The third kappa shape index (κ3) is 10.5. The molecule has 3 heteroatoms. The Morgan fingerprint density at radius 2 is 0.852 bits per heavy atom. The van der Waals surface area contributed by atoms with Crippen LogP contribution in [-0.4, -0.2) is 26.4 Å². The number of unbranched alkanes of at least 4 members (excludes halogenated alkanes) is 7. The van der Waals surface area contributed by atoms with Gasteiger partial charge in [0.1, 0.15) is 35.5 Å². The molecule has 0 spiro atoms. The number of rotatable bonds is 21. The lowest BCUT2D eigenvalue weighted by Crippen LogP contribution is -2.33. The summed E-state index contributed by atoms with van der Waals surface area (Å²) in [5.74, 6) is 0.909. The Hall–Kier alpha value is -4.75. The van der Waals surface area contributed by atoms with Gasteiger partial charge in [0.25, 0.3) is 0 Å². The van der Waals surface area contributed by atoms with E-state index < -0.39 is 7.26 Å². The molecule has 0 aliphatic rings. The van der Waals surface area contributed by atoms with Crippen molar-refractivity contribution in [3.05, 3.63) is 193 Å². The number of benzene rings is 6. The largest absolute Gasteiger partial charge is 0.492 e. The predicted molar refractivity (Wildman–Crippen MR) is 236 cm³/mol. The summed E-state index contributed by atoms with van der Waals surface area (Å²) in [4.78, 5) is 0. The van der Waals surface area contributed by atoms with Gasteiger partial charge < -0.3 is 10.1 Å². The van der Waals surface area contributed by atoms with E-state index in [2.05, 4.69) is 181 Å². The molecule has 0 aromatic heterocycles. The van der Waals surface area contributed by atoms with Gasteiger partial charge in [-0.2, -0.15) is 0 Å². The zero-order valence-corrected chi connectivity index (χ0v) is 33.0. The van der Waals surface area contributed by atoms with Gasteiger partial charge >= 0.3 is 0 Å². The van der Waals surface area contributed by atoms with Crippen molar-refractivity contribution in [3.63, 3.8) is 0 Å². The number of hydrogen-bond donors (Lipinski definition) is 1. The Morgan fingerprint density at radius 1 is 0.444 bits per heavy atom. The van der Waals surface area contributed by atoms with Crippen LogP contribution in [-0.2, 0) is 0 Å². The molecular formula is C51H57NOP+. The van der Waals surface area contributed by atoms with E-state index in [4.69, 9.17) is 4.74 Å². The highest BCUT2D eigenvalue weighted by Gasteiger charge is 2.44. The first-order chi connectivity index (χ1) is 26.8. The van der Waals surface area contributed by atoms with Crippen LogP contribution in [0.4, 0.5) is 0 Å². The first kappa shape index (κ1) is 39.0. The van der Waals surface area contributed by atoms with E-state index in [0.717, 1.165) is 18.7 Å². The van der Waals surface area contributed by atoms with Crippen molar-refractivity contribution in [2.45, 2.75) is 57.8 Å². The quantitative estimate of drug-likeness (QED) is 0.0452. The van der Waals surface area contributed by atoms with Crippen LogP contribution in [0, 0.1) is 0 Å². The lowest BCUT2D eigenvalue weighted by Gasteiger charge is -2.27. The molecule has 6 rings (SSSR count). The molecule has 6 aromatic carbocycles. The van der Waals surface area contributed by atoms with Crippen LogP contribution in [0.5, 0.6) is 5.75 Å². The molecule has 0 radical (unpaired) electrons. The van der Waals surface area contributed by atoms with Gasteiger partial charge in [0, 0.05) is 6.54 Å². The molecule has 2 nitrogen and oxygen atoms in total. The summed E-state index contributed by atoms with van der Waals surface area (Å²) in [6, 6.07) is 64.6. The smallest absolute Gasteiger partial charge is 0.119 e. The molecule has 6 aromatic rings. The highest BCUT2D eigenvalue weighted by Crippen LogP contribution is 2.56. The maximum absolute atomic E-state index is 5.96. The van der Waals surface area contributed by atoms with Gasteiger partial charge in [-0.15, -0.1) is 0 Å². The molecule has 0 aliphatic heterocycles. The number of hydrogen-bond acceptors (Lipinski definition) is 2. The fraction of sp³-hybridized carbons (Fsp3) is 0.255. The van der Waals surface area contributed by atoms with Gasteiger partial charge in [-0.05, 0) is 109 Å². The molecule has 1 N–H and O–H groups in total. The Balaban J connectivity index is 1.06. The van der Waals surface area contributed by atoms with Crippen LogP contribution in [0.1, 0.15) is 74.5 Å². The van der Waals surface area contributed by atoms with Crippen molar-refractivity contribution < 1.29 is 4.74 Å². The summed E-state index contributed by atoms with van der Waals surface area (Å²) in [5.41, 5.74) is 6.56. The van der Waals surface area contributed by atoms with E-state index in [-0.39, 0.29) is 0 Å². The molecule has 0 bridgehead atoms. The summed E-state index contributed by atoms with van der Waals surface area (Å²) in [7, 11) is 0.218. The standard InChI is InChI=1S/C51H57NOP/c1-52-40-41-53-46-38-36-45(37-39-46)51(44-27-15-9-16-28-44)50(43-25-13-8-14-26-43)35-23-6-4-2-3-5-7-24-42-54(47-29-17-10-18-30-47,48-31-19-11-20-32-48)49-33-21-12-22-34-49/h8-22,25-34,36-39,52H,2-7,23-24,35,40-42H2,1H3/q+1/b51-50-. The van der Waals surface area contributed by atoms with Crippen molar-refractivity contribution >= 4 is 34.3 Å². The molecule has 0 heterocycles. The zero-order valence-electron chi connectivity index (χ0n) is 32.1. The van der Waals surface area contributed by atoms with Gasteiger partial charge in [-0.3, -0.25) is 0 Å². The molecule has 0 atom stereocenters. The van der Waals surface area contributed by atoms with Gasteiger partial charge in [0.15, 0.2) is 0 Å². The lowest BCUT2D eigenvalue weighted by molar-refractivity contribution is 0.318. The van der Waals surface area contributed by atoms with Crippen LogP contribution in [0.2, 0.25) is 0 Å². The predicted octanol–water partition coefficient (Wildman–Crippen LogP) is 11.7. The number of likely N-dealkylation sites (N-methyl/N-ethyl adjacent to an activating group) is 1. The molecule has 0 aliphatic carbocycles. The van der Waals surface area contributed by atoms with Crippen LogP contribution in [0.15, 0.2) is 176 Å². The van der Waals surface area contributed by atoms with Crippen LogP contribution >= 0.6 is 7.26 Å². The molecule has 0 amide bonds. The second kappa shape index (κ2) is 21.2. The summed E-state index contributed by atoms with van der Waals surface area (Å²) >= 11 is 0. The highest BCUT2D eigenvalue weighted by molar-refractivity contribution is 7.95. The maximum Gasteiger partial charge on any atom is 0.119 e. The Kier molecular flexibility index (Phi) is 15.3. The SMILES string of the molecule is CNCCOc1ccc(/C(=C(/CCCCCCCCCC[P+](c2ccccc2)(c2ccccc2)c2ccccc2)c2ccccc2)c2ccccc2)cc1. The summed E-state index contributed by atoms with van der Waals surface area (Å²) in [6.07, 6.45) is 12.5. The lowest BCUT2D eigenvalue weighted by atomic mass is 9.86. The average Bonchev–Trinajstić information content (AvgIpc) is 3.24. The molecule has 0 saturated heterocycles. The van der Waals surface area contributed by atoms with Crippen molar-refractivity contribution in [1.82, 2.24) is 5.32 Å². The average molecular weight is 731 g/mol. The van der Waals surface area contributed by atoms with Gasteiger partial charge in [-0.1, -0.05) is 159 Å². The zero-order chi connectivity index (χ0) is 37.1. The van der Waals surface area contributed by atoms with Crippen molar-refractivity contribution in [2.75, 3.05) is 26.4 Å². The van der Waals surface area contributed by atoms with E-state index in [9.17, 15) is 0 Å². The van der Waals surface area contributed by atoms with Crippen LogP contribution in [0.3, 0.4) is 0 Å². The Morgan fingerprint density at radius 3 is 1.33 bits per heavy atom. The Labute approximate surface area is 325 Å². The molecule has 276 valence electrons. The molecule has 0 saturated carbocycles. The minimum Gasteiger partial charge on any atom is -0.492 e. The van der Waals surface area contributed by atoms with Crippen LogP contribution < -0.4 is 26.0 Å². The van der Waals surface area contributed by atoms with Crippen molar-refractivity contribution in [3.8, 4) is 5.75 Å². The highest BCUT2D eigenvalue weighted by atomic mass is 31.2. The maximum atomic E-state index is 5.96. The minimum atomic E-state index is -1.73. The van der Waals surface area contributed by atoms with Crippen LogP contribution in [0.25, 0.3) is 11.1 Å². The van der Waals surface area contributed by atoms with Crippen molar-refractivity contribution in [2.24, 2.45) is 0 Å². The summed E-state index contributed by atoms with van der Waals surface area (Å²) in [6.45, 7) is 1.49. The topological polar surface area (TPSA) is 21.3 Å². The number of ether oxygens (including phenoxy) is 1. The van der Waals surface area contributed by atoms with Gasteiger partial charge in [-0.25, -0.2) is 0 Å². The van der Waals surface area contributed by atoms with E-state index in [1.54, 1.807) is 0 Å². The summed E-state index contributed by atoms with van der Waals surface area (Å²) < 4.78 is 5.96.